The quantitative estimate of drug-likeness (QED) is 0.156. The third-order valence-corrected chi connectivity index (χ3v) is 10.0. The van der Waals surface area contributed by atoms with Gasteiger partial charge in [-0.1, -0.05) is 69.6 Å². The van der Waals surface area contributed by atoms with Crippen LogP contribution >= 0.6 is 0 Å². The first-order valence-corrected chi connectivity index (χ1v) is 21.4. The molecule has 0 bridgehead atoms. The Morgan fingerprint density at radius 3 is 1.74 bits per heavy atom. The molecule has 0 amide bonds. The van der Waals surface area contributed by atoms with Gasteiger partial charge in [-0.05, 0) is 30.1 Å². The fourth-order valence-corrected chi connectivity index (χ4v) is 5.64. The molecule has 3 aromatic rings. The molecular weight excluding hydrogens is 507 g/mol. The van der Waals surface area contributed by atoms with E-state index in [0.717, 1.165) is 50.8 Å². The number of aromatic nitrogens is 4. The summed E-state index contributed by atoms with van der Waals surface area (Å²) in [7, 11) is -2.20. The zero-order valence-corrected chi connectivity index (χ0v) is 26.4. The van der Waals surface area contributed by atoms with Crippen molar-refractivity contribution in [1.82, 2.24) is 24.4 Å². The first-order valence-electron chi connectivity index (χ1n) is 14.0. The molecule has 0 radical (unpaired) electrons. The van der Waals surface area contributed by atoms with Crippen molar-refractivity contribution >= 4 is 16.1 Å². The Labute approximate surface area is 232 Å². The van der Waals surface area contributed by atoms with Crippen LogP contribution < -0.4 is 5.32 Å². The molecule has 0 saturated heterocycles. The lowest BCUT2D eigenvalue weighted by atomic mass is 10.00. The van der Waals surface area contributed by atoms with E-state index in [1.807, 2.05) is 24.8 Å². The van der Waals surface area contributed by atoms with E-state index in [2.05, 4.69) is 84.1 Å². The summed E-state index contributed by atoms with van der Waals surface area (Å²) in [5.41, 5.74) is 1.29. The van der Waals surface area contributed by atoms with Crippen molar-refractivity contribution in [3.63, 3.8) is 0 Å². The van der Waals surface area contributed by atoms with Crippen molar-refractivity contribution in [2.24, 2.45) is 5.92 Å². The van der Waals surface area contributed by atoms with E-state index in [1.54, 1.807) is 0 Å². The molecule has 9 heteroatoms. The molecule has 210 valence electrons. The molecule has 0 fully saturated rings. The molecule has 7 nitrogen and oxygen atoms in total. The maximum absolute atomic E-state index is 6.03. The lowest BCUT2D eigenvalue weighted by Gasteiger charge is -2.20. The highest BCUT2D eigenvalue weighted by Gasteiger charge is 2.18. The average molecular weight is 556 g/mol. The molecule has 1 N–H and O–H groups in total. The summed E-state index contributed by atoms with van der Waals surface area (Å²) in [6.45, 7) is 18.8. The van der Waals surface area contributed by atoms with Crippen LogP contribution in [0.25, 0.3) is 0 Å². The van der Waals surface area contributed by atoms with E-state index < -0.39 is 16.1 Å². The maximum atomic E-state index is 6.03. The molecule has 2 aromatic heterocycles. The van der Waals surface area contributed by atoms with Gasteiger partial charge in [0, 0.05) is 73.5 Å². The first kappa shape index (κ1) is 30.5. The fourth-order valence-electron chi connectivity index (χ4n) is 4.13. The van der Waals surface area contributed by atoms with Crippen LogP contribution in [0.4, 0.5) is 0 Å². The largest absolute Gasteiger partial charge is 0.361 e. The summed E-state index contributed by atoms with van der Waals surface area (Å²) in [5.74, 6) is 2.47. The zero-order valence-electron chi connectivity index (χ0n) is 24.4. The SMILES string of the molecule is C[Si](C)(C)CCOCn1ccnc1CC(CNCc1ccccc1)Cc1nccn1COCC[Si](C)(C)C. The van der Waals surface area contributed by atoms with E-state index in [-0.39, 0.29) is 0 Å². The molecule has 0 saturated carbocycles. The van der Waals surface area contributed by atoms with Crippen molar-refractivity contribution in [1.29, 1.82) is 0 Å². The number of nitrogens with zero attached hydrogens (tertiary/aromatic N) is 4. The molecule has 38 heavy (non-hydrogen) atoms. The van der Waals surface area contributed by atoms with Crippen molar-refractivity contribution in [2.75, 3.05) is 19.8 Å². The van der Waals surface area contributed by atoms with Crippen LogP contribution in [-0.4, -0.2) is 55.0 Å². The van der Waals surface area contributed by atoms with E-state index in [0.29, 0.717) is 19.4 Å². The highest BCUT2D eigenvalue weighted by Crippen LogP contribution is 2.15. The van der Waals surface area contributed by atoms with Gasteiger partial charge >= 0.3 is 0 Å². The number of hydrogen-bond donors (Lipinski definition) is 1. The second-order valence-electron chi connectivity index (χ2n) is 12.7. The van der Waals surface area contributed by atoms with Crippen LogP contribution in [-0.2, 0) is 42.3 Å². The van der Waals surface area contributed by atoms with Crippen LogP contribution in [0.2, 0.25) is 51.4 Å². The number of benzene rings is 1. The van der Waals surface area contributed by atoms with Crippen LogP contribution in [0.5, 0.6) is 0 Å². The normalized spacial score (nSPS) is 12.5. The van der Waals surface area contributed by atoms with E-state index >= 15 is 0 Å². The van der Waals surface area contributed by atoms with Gasteiger partial charge in [-0.3, -0.25) is 0 Å². The van der Waals surface area contributed by atoms with Gasteiger partial charge in [0.1, 0.15) is 25.1 Å². The standard InChI is InChI=1S/C29H49N5O2Si2/c1-37(2,3)18-16-35-24-33-14-12-31-28(33)20-27(23-30-22-26-10-8-7-9-11-26)21-29-32-13-15-34(29)25-36-17-19-38(4,5)6/h7-15,27,30H,16-25H2,1-6H3. The Morgan fingerprint density at radius 2 is 1.26 bits per heavy atom. The Hall–Kier alpha value is -2.05. The minimum absolute atomic E-state index is 0.338. The lowest BCUT2D eigenvalue weighted by molar-refractivity contribution is 0.0836. The Bertz CT molecular complexity index is 995. The predicted octanol–water partition coefficient (Wildman–Crippen LogP) is 5.90. The van der Waals surface area contributed by atoms with E-state index in [4.69, 9.17) is 19.4 Å². The minimum atomic E-state index is -1.10. The summed E-state index contributed by atoms with van der Waals surface area (Å²) in [6.07, 6.45) is 9.56. The summed E-state index contributed by atoms with van der Waals surface area (Å²) in [4.78, 5) is 9.40. The van der Waals surface area contributed by atoms with Crippen molar-refractivity contribution in [3.8, 4) is 0 Å². The Balaban J connectivity index is 1.61. The van der Waals surface area contributed by atoms with Crippen LogP contribution in [0.3, 0.4) is 0 Å². The molecule has 0 unspecified atom stereocenters. The zero-order chi connectivity index (χ0) is 27.4. The number of ether oxygens (including phenoxy) is 2. The number of nitrogens with one attached hydrogen (secondary N) is 1. The molecule has 1 aromatic carbocycles. The average Bonchev–Trinajstić information content (AvgIpc) is 3.48. The second kappa shape index (κ2) is 14.9. The first-order chi connectivity index (χ1) is 18.1. The fraction of sp³-hybridized carbons (Fsp3) is 0.586. The second-order valence-corrected chi connectivity index (χ2v) is 24.0. The van der Waals surface area contributed by atoms with Crippen molar-refractivity contribution in [2.45, 2.75) is 84.2 Å². The summed E-state index contributed by atoms with van der Waals surface area (Å²) in [6, 6.07) is 12.9. The van der Waals surface area contributed by atoms with Crippen LogP contribution in [0.1, 0.15) is 17.2 Å². The molecule has 0 aliphatic heterocycles. The summed E-state index contributed by atoms with van der Waals surface area (Å²) in [5, 5.41) is 3.68. The Morgan fingerprint density at radius 1 is 0.763 bits per heavy atom. The smallest absolute Gasteiger partial charge is 0.123 e. The topological polar surface area (TPSA) is 66.1 Å². The van der Waals surface area contributed by atoms with Gasteiger partial charge < -0.3 is 23.9 Å². The van der Waals surface area contributed by atoms with Gasteiger partial charge in [0.15, 0.2) is 0 Å². The minimum Gasteiger partial charge on any atom is -0.361 e. The van der Waals surface area contributed by atoms with Gasteiger partial charge in [-0.25, -0.2) is 9.97 Å². The van der Waals surface area contributed by atoms with Gasteiger partial charge in [0.2, 0.25) is 0 Å². The van der Waals surface area contributed by atoms with Crippen LogP contribution in [0.15, 0.2) is 55.1 Å². The molecule has 0 aliphatic rings. The molecule has 0 atom stereocenters. The number of rotatable bonds is 18. The van der Waals surface area contributed by atoms with Gasteiger partial charge in [0.25, 0.3) is 0 Å². The predicted molar refractivity (Wildman–Crippen MR) is 162 cm³/mol. The molecule has 0 spiro atoms. The molecular formula is C29H49N5O2Si2. The molecule has 2 heterocycles. The number of imidazole rings is 2. The van der Waals surface area contributed by atoms with Gasteiger partial charge in [-0.2, -0.15) is 0 Å². The highest BCUT2D eigenvalue weighted by molar-refractivity contribution is 6.76. The third kappa shape index (κ3) is 11.8. The van der Waals surface area contributed by atoms with Crippen molar-refractivity contribution in [3.05, 3.63) is 72.3 Å². The van der Waals surface area contributed by atoms with Crippen molar-refractivity contribution < 1.29 is 9.47 Å². The molecule has 0 aliphatic carbocycles. The Kier molecular flexibility index (Phi) is 12.0. The lowest BCUT2D eigenvalue weighted by Crippen LogP contribution is -2.28. The maximum Gasteiger partial charge on any atom is 0.123 e. The van der Waals surface area contributed by atoms with E-state index in [9.17, 15) is 0 Å². The third-order valence-electron chi connectivity index (χ3n) is 6.60. The van der Waals surface area contributed by atoms with Crippen LogP contribution in [0, 0.1) is 5.92 Å². The molecule has 3 rings (SSSR count). The van der Waals surface area contributed by atoms with E-state index in [1.165, 1.54) is 17.7 Å². The van der Waals surface area contributed by atoms with Gasteiger partial charge in [0.05, 0.1) is 0 Å². The summed E-state index contributed by atoms with van der Waals surface area (Å²) < 4.78 is 16.4. The highest BCUT2D eigenvalue weighted by atomic mass is 28.3. The van der Waals surface area contributed by atoms with Gasteiger partial charge in [-0.15, -0.1) is 0 Å². The summed E-state index contributed by atoms with van der Waals surface area (Å²) >= 11 is 0. The number of hydrogen-bond acceptors (Lipinski definition) is 5. The monoisotopic (exact) mass is 555 g/mol.